The highest BCUT2D eigenvalue weighted by molar-refractivity contribution is 7.87. The number of hydrogen-bond donors (Lipinski definition) is 3. The van der Waals surface area contributed by atoms with Crippen molar-refractivity contribution in [1.82, 2.24) is 9.44 Å². The fourth-order valence-electron chi connectivity index (χ4n) is 1.18. The Hall–Kier alpha value is 0.120. The summed E-state index contributed by atoms with van der Waals surface area (Å²) in [5, 5.41) is 0. The van der Waals surface area contributed by atoms with E-state index in [0.717, 1.165) is 19.3 Å². The van der Waals surface area contributed by atoms with Crippen molar-refractivity contribution in [3.63, 3.8) is 0 Å². The minimum absolute atomic E-state index is 0. The third-order valence-electron chi connectivity index (χ3n) is 2.28. The molecule has 1 atom stereocenters. The second-order valence-corrected chi connectivity index (χ2v) is 5.33. The van der Waals surface area contributed by atoms with Crippen molar-refractivity contribution in [2.75, 3.05) is 13.1 Å². The van der Waals surface area contributed by atoms with Crippen molar-refractivity contribution < 1.29 is 8.42 Å². The van der Waals surface area contributed by atoms with Crippen LogP contribution in [0.4, 0.5) is 0 Å². The number of nitrogens with two attached hydrogens (primary N) is 1. The predicted molar refractivity (Wildman–Crippen MR) is 63.2 cm³/mol. The molecule has 1 rings (SSSR count). The predicted octanol–water partition coefficient (Wildman–Crippen LogP) is -0.0205. The zero-order valence-corrected chi connectivity index (χ0v) is 10.5. The Kier molecular flexibility index (Phi) is 6.70. The topological polar surface area (TPSA) is 84.2 Å². The first kappa shape index (κ1) is 15.1. The van der Waals surface area contributed by atoms with Gasteiger partial charge in [-0.15, -0.1) is 12.4 Å². The first-order valence-electron chi connectivity index (χ1n) is 5.05. The average Bonchev–Trinajstić information content (AvgIpc) is 2.94. The molecule has 5 nitrogen and oxygen atoms in total. The van der Waals surface area contributed by atoms with Crippen LogP contribution in [0.1, 0.15) is 26.2 Å². The molecular formula is C8H20ClN3O2S. The summed E-state index contributed by atoms with van der Waals surface area (Å²) in [6.07, 6.45) is 3.05. The van der Waals surface area contributed by atoms with E-state index in [2.05, 4.69) is 9.44 Å². The van der Waals surface area contributed by atoms with Gasteiger partial charge in [0.15, 0.2) is 0 Å². The van der Waals surface area contributed by atoms with E-state index < -0.39 is 10.2 Å². The van der Waals surface area contributed by atoms with Gasteiger partial charge in [-0.1, -0.05) is 6.92 Å². The summed E-state index contributed by atoms with van der Waals surface area (Å²) in [6, 6.07) is -0.0341. The lowest BCUT2D eigenvalue weighted by Crippen LogP contribution is -2.43. The van der Waals surface area contributed by atoms with E-state index in [0.29, 0.717) is 19.0 Å². The molecule has 7 heteroatoms. The molecule has 0 aromatic carbocycles. The molecule has 0 bridgehead atoms. The molecule has 0 aromatic rings. The van der Waals surface area contributed by atoms with Crippen LogP contribution < -0.4 is 15.2 Å². The average molecular weight is 258 g/mol. The van der Waals surface area contributed by atoms with Gasteiger partial charge in [0.2, 0.25) is 0 Å². The van der Waals surface area contributed by atoms with Crippen molar-refractivity contribution in [2.24, 2.45) is 11.7 Å². The van der Waals surface area contributed by atoms with Crippen molar-refractivity contribution in [3.05, 3.63) is 0 Å². The molecular weight excluding hydrogens is 238 g/mol. The van der Waals surface area contributed by atoms with Gasteiger partial charge in [-0.3, -0.25) is 0 Å². The lowest BCUT2D eigenvalue weighted by atomic mass is 10.2. The van der Waals surface area contributed by atoms with Gasteiger partial charge >= 0.3 is 0 Å². The van der Waals surface area contributed by atoms with Gasteiger partial charge in [-0.05, 0) is 25.2 Å². The minimum atomic E-state index is -3.32. The molecule has 0 heterocycles. The van der Waals surface area contributed by atoms with Crippen LogP contribution in [0, 0.1) is 5.92 Å². The Labute approximate surface area is 97.8 Å². The van der Waals surface area contributed by atoms with E-state index in [1.54, 1.807) is 0 Å². The first-order valence-corrected chi connectivity index (χ1v) is 6.53. The van der Waals surface area contributed by atoms with E-state index in [9.17, 15) is 8.42 Å². The smallest absolute Gasteiger partial charge is 0.276 e. The summed E-state index contributed by atoms with van der Waals surface area (Å²) in [4.78, 5) is 0. The summed E-state index contributed by atoms with van der Waals surface area (Å²) >= 11 is 0. The molecule has 1 unspecified atom stereocenters. The fraction of sp³-hybridized carbons (Fsp3) is 1.00. The van der Waals surface area contributed by atoms with E-state index in [1.165, 1.54) is 0 Å². The van der Waals surface area contributed by atoms with Crippen LogP contribution >= 0.6 is 12.4 Å². The Morgan fingerprint density at radius 2 is 2.00 bits per heavy atom. The van der Waals surface area contributed by atoms with E-state index in [-0.39, 0.29) is 18.4 Å². The summed E-state index contributed by atoms with van der Waals surface area (Å²) in [5.41, 5.74) is 5.76. The number of hydrogen-bond acceptors (Lipinski definition) is 3. The SMILES string of the molecule is CCCNS(=O)(=O)NCC(N)C1CC1.Cl. The van der Waals surface area contributed by atoms with Gasteiger partial charge in [0.1, 0.15) is 0 Å². The van der Waals surface area contributed by atoms with Crippen LogP contribution in [-0.2, 0) is 10.2 Å². The zero-order valence-electron chi connectivity index (χ0n) is 8.90. The third kappa shape index (κ3) is 6.32. The highest BCUT2D eigenvalue weighted by atomic mass is 35.5. The number of halogens is 1. The highest BCUT2D eigenvalue weighted by Gasteiger charge is 2.28. The maximum Gasteiger partial charge on any atom is 0.276 e. The van der Waals surface area contributed by atoms with Crippen LogP contribution in [0.5, 0.6) is 0 Å². The molecule has 15 heavy (non-hydrogen) atoms. The molecule has 1 saturated carbocycles. The van der Waals surface area contributed by atoms with Crippen molar-refractivity contribution in [2.45, 2.75) is 32.2 Å². The maximum absolute atomic E-state index is 11.3. The molecule has 0 aromatic heterocycles. The molecule has 0 saturated heterocycles. The van der Waals surface area contributed by atoms with Crippen LogP contribution in [0.25, 0.3) is 0 Å². The van der Waals surface area contributed by atoms with Crippen molar-refractivity contribution in [1.29, 1.82) is 0 Å². The quantitative estimate of drug-likeness (QED) is 0.599. The van der Waals surface area contributed by atoms with E-state index >= 15 is 0 Å². The van der Waals surface area contributed by atoms with Crippen LogP contribution in [0.3, 0.4) is 0 Å². The molecule has 1 aliphatic rings. The molecule has 4 N–H and O–H groups in total. The molecule has 92 valence electrons. The normalized spacial score (nSPS) is 18.3. The minimum Gasteiger partial charge on any atom is -0.326 e. The lowest BCUT2D eigenvalue weighted by Gasteiger charge is -2.12. The summed E-state index contributed by atoms with van der Waals surface area (Å²) < 4.78 is 27.4. The van der Waals surface area contributed by atoms with Gasteiger partial charge in [-0.2, -0.15) is 8.42 Å². The third-order valence-corrected chi connectivity index (χ3v) is 3.41. The van der Waals surface area contributed by atoms with Crippen LogP contribution in [-0.4, -0.2) is 27.5 Å². The van der Waals surface area contributed by atoms with Gasteiger partial charge in [0, 0.05) is 19.1 Å². The summed E-state index contributed by atoms with van der Waals surface area (Å²) in [6.45, 7) is 2.72. The van der Waals surface area contributed by atoms with Gasteiger partial charge < -0.3 is 5.73 Å². The zero-order chi connectivity index (χ0) is 10.6. The Morgan fingerprint density at radius 3 is 2.47 bits per heavy atom. The Balaban J connectivity index is 0.00000196. The Bertz CT molecular complexity index is 267. The second kappa shape index (κ2) is 6.65. The molecule has 0 amide bonds. The molecule has 0 radical (unpaired) electrons. The molecule has 0 aliphatic heterocycles. The van der Waals surface area contributed by atoms with Crippen LogP contribution in [0.15, 0.2) is 0 Å². The standard InChI is InChI=1S/C8H19N3O2S.ClH/c1-2-5-10-14(12,13)11-6-8(9)7-3-4-7;/h7-8,10-11H,2-6,9H2,1H3;1H. The number of rotatable bonds is 7. The summed E-state index contributed by atoms with van der Waals surface area (Å²) in [7, 11) is -3.32. The largest absolute Gasteiger partial charge is 0.326 e. The van der Waals surface area contributed by atoms with E-state index in [1.807, 2.05) is 6.92 Å². The highest BCUT2D eigenvalue weighted by Crippen LogP contribution is 2.31. The summed E-state index contributed by atoms with van der Waals surface area (Å²) in [5.74, 6) is 0.517. The van der Waals surface area contributed by atoms with E-state index in [4.69, 9.17) is 5.73 Å². The van der Waals surface area contributed by atoms with Crippen molar-refractivity contribution in [3.8, 4) is 0 Å². The van der Waals surface area contributed by atoms with Gasteiger partial charge in [0.25, 0.3) is 10.2 Å². The van der Waals surface area contributed by atoms with Crippen molar-refractivity contribution >= 4 is 22.6 Å². The number of nitrogens with one attached hydrogen (secondary N) is 2. The second-order valence-electron chi connectivity index (χ2n) is 3.75. The molecule has 1 fully saturated rings. The Morgan fingerprint density at radius 1 is 1.40 bits per heavy atom. The maximum atomic E-state index is 11.3. The lowest BCUT2D eigenvalue weighted by molar-refractivity contribution is 0.537. The van der Waals surface area contributed by atoms with Gasteiger partial charge in [0.05, 0.1) is 0 Å². The molecule has 0 spiro atoms. The first-order chi connectivity index (χ1) is 6.55. The monoisotopic (exact) mass is 257 g/mol. The van der Waals surface area contributed by atoms with Crippen LogP contribution in [0.2, 0.25) is 0 Å². The fourth-order valence-corrected chi connectivity index (χ4v) is 2.17. The van der Waals surface area contributed by atoms with Gasteiger partial charge in [-0.25, -0.2) is 9.44 Å². The molecule has 1 aliphatic carbocycles.